The van der Waals surface area contributed by atoms with E-state index in [-0.39, 0.29) is 6.04 Å². The van der Waals surface area contributed by atoms with Crippen molar-refractivity contribution < 1.29 is 9.59 Å². The Labute approximate surface area is 198 Å². The van der Waals surface area contributed by atoms with Crippen LogP contribution in [0.2, 0.25) is 0 Å². The van der Waals surface area contributed by atoms with Crippen molar-refractivity contribution in [3.8, 4) is 0 Å². The fraction of sp³-hybridized carbons (Fsp3) is 0.630. The Bertz CT molecular complexity index is 860. The number of likely N-dealkylation sites (tertiary alicyclic amines) is 1. The molecule has 1 atom stereocenters. The van der Waals surface area contributed by atoms with Gasteiger partial charge in [0.05, 0.1) is 6.04 Å². The Morgan fingerprint density at radius 2 is 1.76 bits per heavy atom. The molecule has 0 bridgehead atoms. The van der Waals surface area contributed by atoms with Crippen molar-refractivity contribution in [2.24, 2.45) is 0 Å². The minimum Gasteiger partial charge on any atom is -0.374 e. The second-order valence-electron chi connectivity index (χ2n) is 9.85. The number of carbonyl (C=O) groups excluding carboxylic acids is 2. The number of piperidine rings is 1. The van der Waals surface area contributed by atoms with Gasteiger partial charge in [0.2, 0.25) is 0 Å². The predicted molar refractivity (Wildman–Crippen MR) is 133 cm³/mol. The van der Waals surface area contributed by atoms with Crippen molar-refractivity contribution >= 4 is 17.5 Å². The summed E-state index contributed by atoms with van der Waals surface area (Å²) in [6.07, 6.45) is 13.8. The van der Waals surface area contributed by atoms with Gasteiger partial charge in [-0.25, -0.2) is 0 Å². The molecule has 2 aliphatic heterocycles. The highest BCUT2D eigenvalue weighted by molar-refractivity contribution is 6.35. The third-order valence-electron chi connectivity index (χ3n) is 7.45. The lowest BCUT2D eigenvalue weighted by atomic mass is 9.95. The third-order valence-corrected chi connectivity index (χ3v) is 7.45. The van der Waals surface area contributed by atoms with Crippen LogP contribution in [0.25, 0.3) is 0 Å². The van der Waals surface area contributed by atoms with Gasteiger partial charge in [0.25, 0.3) is 0 Å². The van der Waals surface area contributed by atoms with Crippen molar-refractivity contribution in [2.45, 2.75) is 70.3 Å². The number of amides is 2. The molecule has 2 N–H and O–H groups in total. The lowest BCUT2D eigenvalue weighted by molar-refractivity contribution is -0.139. The zero-order valence-corrected chi connectivity index (χ0v) is 20.2. The Morgan fingerprint density at radius 1 is 0.939 bits per heavy atom. The Morgan fingerprint density at radius 3 is 2.55 bits per heavy atom. The average Bonchev–Trinajstić information content (AvgIpc) is 2.85. The first kappa shape index (κ1) is 23.8. The molecule has 0 saturated carbocycles. The van der Waals surface area contributed by atoms with Gasteiger partial charge in [-0.2, -0.15) is 0 Å². The smallest absolute Gasteiger partial charge is 0.309 e. The molecule has 1 aromatic rings. The molecule has 33 heavy (non-hydrogen) atoms. The standard InChI is InChI=1S/C27H40N4O2/c1-30-16-8-11-22-19-23(12-13-24(22)30)25(31-17-6-3-7-18-31)20-29-27(33)26(32)28-15-14-21-9-4-2-5-10-21/h9,12-13,19,25H,2-8,10-11,14-18,20H2,1H3,(H,28,32)(H,29,33). The van der Waals surface area contributed by atoms with E-state index in [1.54, 1.807) is 0 Å². The normalized spacial score (nSPS) is 19.9. The molecule has 180 valence electrons. The van der Waals surface area contributed by atoms with Crippen LogP contribution in [0.5, 0.6) is 0 Å². The second kappa shape index (κ2) is 11.7. The number of nitrogens with zero attached hydrogens (tertiary/aromatic N) is 2. The van der Waals surface area contributed by atoms with Crippen LogP contribution >= 0.6 is 0 Å². The quantitative estimate of drug-likeness (QED) is 0.489. The van der Waals surface area contributed by atoms with Gasteiger partial charge in [-0.15, -0.1) is 0 Å². The number of carbonyl (C=O) groups is 2. The molecule has 6 nitrogen and oxygen atoms in total. The molecule has 2 amide bonds. The van der Waals surface area contributed by atoms with Gasteiger partial charge < -0.3 is 15.5 Å². The van der Waals surface area contributed by atoms with Crippen LogP contribution in [0.3, 0.4) is 0 Å². The van der Waals surface area contributed by atoms with Crippen molar-refractivity contribution in [1.82, 2.24) is 15.5 Å². The lowest BCUT2D eigenvalue weighted by Gasteiger charge is -2.36. The Kier molecular flexibility index (Phi) is 8.43. The number of hydrogen-bond acceptors (Lipinski definition) is 4. The summed E-state index contributed by atoms with van der Waals surface area (Å²) in [6, 6.07) is 6.88. The number of rotatable bonds is 7. The second-order valence-corrected chi connectivity index (χ2v) is 9.85. The van der Waals surface area contributed by atoms with Gasteiger partial charge in [-0.1, -0.05) is 30.2 Å². The van der Waals surface area contributed by atoms with E-state index in [2.05, 4.69) is 51.8 Å². The number of benzene rings is 1. The zero-order chi connectivity index (χ0) is 23.0. The summed E-state index contributed by atoms with van der Waals surface area (Å²) in [5.74, 6) is -1.04. The van der Waals surface area contributed by atoms with Crippen LogP contribution in [-0.4, -0.2) is 56.5 Å². The fourth-order valence-electron chi connectivity index (χ4n) is 5.52. The maximum atomic E-state index is 12.6. The van der Waals surface area contributed by atoms with Crippen LogP contribution in [0.1, 0.15) is 75.0 Å². The van der Waals surface area contributed by atoms with E-state index in [0.29, 0.717) is 13.1 Å². The SMILES string of the molecule is CN1CCCc2cc(C(CNC(=O)C(=O)NCCC3=CCCCC3)N3CCCCC3)ccc21. The summed E-state index contributed by atoms with van der Waals surface area (Å²) in [6.45, 7) is 4.18. The molecule has 3 aliphatic rings. The van der Waals surface area contributed by atoms with Crippen LogP contribution in [0.4, 0.5) is 5.69 Å². The molecular weight excluding hydrogens is 412 g/mol. The first-order valence-electron chi connectivity index (χ1n) is 12.9. The van der Waals surface area contributed by atoms with Crippen LogP contribution in [0, 0.1) is 0 Å². The van der Waals surface area contributed by atoms with E-state index in [0.717, 1.165) is 45.3 Å². The number of nitrogens with one attached hydrogen (secondary N) is 2. The highest BCUT2D eigenvalue weighted by Gasteiger charge is 2.25. The fourth-order valence-corrected chi connectivity index (χ4v) is 5.52. The summed E-state index contributed by atoms with van der Waals surface area (Å²) in [4.78, 5) is 29.7. The molecule has 0 spiro atoms. The van der Waals surface area contributed by atoms with E-state index in [4.69, 9.17) is 0 Å². The molecule has 2 heterocycles. The molecule has 1 fully saturated rings. The number of fused-ring (bicyclic) bond motifs is 1. The van der Waals surface area contributed by atoms with Gasteiger partial charge in [-0.05, 0) is 88.1 Å². The first-order valence-corrected chi connectivity index (χ1v) is 12.9. The summed E-state index contributed by atoms with van der Waals surface area (Å²) < 4.78 is 0. The molecule has 1 aromatic carbocycles. The molecule has 0 aromatic heterocycles. The van der Waals surface area contributed by atoms with Gasteiger partial charge in [-0.3, -0.25) is 14.5 Å². The molecular formula is C27H40N4O2. The van der Waals surface area contributed by atoms with Gasteiger partial charge >= 0.3 is 11.8 Å². The Balaban J connectivity index is 1.36. The lowest BCUT2D eigenvalue weighted by Crippen LogP contribution is -2.45. The summed E-state index contributed by atoms with van der Waals surface area (Å²) in [5, 5.41) is 5.75. The zero-order valence-electron chi connectivity index (χ0n) is 20.2. The van der Waals surface area contributed by atoms with Gasteiger partial charge in [0, 0.05) is 32.4 Å². The molecule has 1 unspecified atom stereocenters. The monoisotopic (exact) mass is 452 g/mol. The van der Waals surface area contributed by atoms with E-state index in [9.17, 15) is 9.59 Å². The summed E-state index contributed by atoms with van der Waals surface area (Å²) in [7, 11) is 2.16. The highest BCUT2D eigenvalue weighted by atomic mass is 16.2. The average molecular weight is 453 g/mol. The third kappa shape index (κ3) is 6.38. The maximum absolute atomic E-state index is 12.6. The molecule has 6 heteroatoms. The first-order chi connectivity index (χ1) is 16.1. The minimum absolute atomic E-state index is 0.104. The highest BCUT2D eigenvalue weighted by Crippen LogP contribution is 2.31. The predicted octanol–water partition coefficient (Wildman–Crippen LogP) is 3.72. The molecule has 1 aliphatic carbocycles. The summed E-state index contributed by atoms with van der Waals surface area (Å²) >= 11 is 0. The van der Waals surface area contributed by atoms with Crippen molar-refractivity contribution in [3.05, 3.63) is 41.0 Å². The maximum Gasteiger partial charge on any atom is 0.309 e. The number of aryl methyl sites for hydroxylation is 1. The van der Waals surface area contributed by atoms with Gasteiger partial charge in [0.15, 0.2) is 0 Å². The number of anilines is 1. The molecule has 0 radical (unpaired) electrons. The van der Waals surface area contributed by atoms with E-state index < -0.39 is 11.8 Å². The largest absolute Gasteiger partial charge is 0.374 e. The van der Waals surface area contributed by atoms with Gasteiger partial charge in [0.1, 0.15) is 0 Å². The van der Waals surface area contributed by atoms with E-state index in [1.165, 1.54) is 60.9 Å². The topological polar surface area (TPSA) is 64.7 Å². The Hall–Kier alpha value is -2.34. The van der Waals surface area contributed by atoms with Crippen molar-refractivity contribution in [1.29, 1.82) is 0 Å². The van der Waals surface area contributed by atoms with Crippen LogP contribution in [-0.2, 0) is 16.0 Å². The molecule has 1 saturated heterocycles. The molecule has 4 rings (SSSR count). The summed E-state index contributed by atoms with van der Waals surface area (Å²) in [5.41, 5.74) is 5.37. The van der Waals surface area contributed by atoms with Crippen LogP contribution < -0.4 is 15.5 Å². The number of allylic oxidation sites excluding steroid dienone is 1. The van der Waals surface area contributed by atoms with Crippen molar-refractivity contribution in [2.75, 3.05) is 44.7 Å². The van der Waals surface area contributed by atoms with Crippen LogP contribution in [0.15, 0.2) is 29.8 Å². The van der Waals surface area contributed by atoms with E-state index >= 15 is 0 Å². The minimum atomic E-state index is -0.521. The number of hydrogen-bond donors (Lipinski definition) is 2. The van der Waals surface area contributed by atoms with Crippen molar-refractivity contribution in [3.63, 3.8) is 0 Å². The van der Waals surface area contributed by atoms with E-state index in [1.807, 2.05) is 0 Å².